The third-order valence-electron chi connectivity index (χ3n) is 4.31. The predicted octanol–water partition coefficient (Wildman–Crippen LogP) is 6.15. The molecule has 0 heterocycles. The number of ether oxygens (including phenoxy) is 1. The lowest BCUT2D eigenvalue weighted by molar-refractivity contribution is -0.118. The summed E-state index contributed by atoms with van der Waals surface area (Å²) in [6, 6.07) is 9.22. The van der Waals surface area contributed by atoms with Crippen molar-refractivity contribution in [3.05, 3.63) is 51.5 Å². The molecular weight excluding hydrogens is 385 g/mol. The van der Waals surface area contributed by atoms with Gasteiger partial charge in [-0.2, -0.15) is 0 Å². The third kappa shape index (κ3) is 6.33. The molecule has 0 saturated heterocycles. The van der Waals surface area contributed by atoms with Gasteiger partial charge >= 0.3 is 0 Å². The number of rotatable bonds is 9. The first-order valence-corrected chi connectivity index (χ1v) is 9.87. The van der Waals surface area contributed by atoms with Crippen LogP contribution >= 0.6 is 23.2 Å². The number of phenols is 1. The van der Waals surface area contributed by atoms with E-state index in [1.165, 1.54) is 37.3 Å². The Morgan fingerprint density at radius 1 is 1.15 bits per heavy atom. The summed E-state index contributed by atoms with van der Waals surface area (Å²) in [5.41, 5.74) is 1.98. The summed E-state index contributed by atoms with van der Waals surface area (Å²) < 4.78 is 5.50. The number of carbonyl (C=O) groups excluding carboxylic acids is 1. The number of aromatic hydroxyl groups is 1. The fraction of sp³-hybridized carbons (Fsp3) is 0.381. The molecule has 2 aromatic rings. The summed E-state index contributed by atoms with van der Waals surface area (Å²) in [6.45, 7) is 3.70. The Morgan fingerprint density at radius 3 is 2.52 bits per heavy atom. The van der Waals surface area contributed by atoms with Gasteiger partial charge in [0.15, 0.2) is 12.4 Å². The molecule has 0 fully saturated rings. The van der Waals surface area contributed by atoms with E-state index in [9.17, 15) is 9.90 Å². The molecule has 4 nitrogen and oxygen atoms in total. The lowest BCUT2D eigenvalue weighted by atomic mass is 10.1. The van der Waals surface area contributed by atoms with E-state index in [0.29, 0.717) is 16.3 Å². The van der Waals surface area contributed by atoms with Gasteiger partial charge in [0.1, 0.15) is 5.75 Å². The van der Waals surface area contributed by atoms with E-state index < -0.39 is 5.91 Å². The van der Waals surface area contributed by atoms with Crippen LogP contribution in [0.4, 0.5) is 5.69 Å². The number of halogens is 2. The zero-order valence-electron chi connectivity index (χ0n) is 15.6. The highest BCUT2D eigenvalue weighted by atomic mass is 35.5. The third-order valence-corrected chi connectivity index (χ3v) is 5.16. The Morgan fingerprint density at radius 2 is 1.85 bits per heavy atom. The minimum Gasteiger partial charge on any atom is -0.504 e. The summed E-state index contributed by atoms with van der Waals surface area (Å²) in [5, 5.41) is 13.1. The highest BCUT2D eigenvalue weighted by Crippen LogP contribution is 2.38. The van der Waals surface area contributed by atoms with Crippen molar-refractivity contribution in [2.45, 2.75) is 46.0 Å². The standard InChI is InChI=1S/C21H25Cl2NO3/c1-3-4-5-6-7-15-8-10-16(11-9-15)27-13-19(25)24-18-12-17(22)14(2)20(23)21(18)26/h8-12,26H,3-7,13H2,1-2H3,(H,24,25). The molecule has 27 heavy (non-hydrogen) atoms. The van der Waals surface area contributed by atoms with Crippen molar-refractivity contribution in [1.29, 1.82) is 0 Å². The molecule has 2 rings (SSSR count). The second-order valence-corrected chi connectivity index (χ2v) is 7.27. The molecular formula is C21H25Cl2NO3. The minimum absolute atomic E-state index is 0.119. The molecule has 0 spiro atoms. The molecule has 146 valence electrons. The van der Waals surface area contributed by atoms with Crippen molar-refractivity contribution in [1.82, 2.24) is 0 Å². The summed E-state index contributed by atoms with van der Waals surface area (Å²) in [7, 11) is 0. The number of benzene rings is 2. The molecule has 0 aliphatic carbocycles. The number of carbonyl (C=O) groups is 1. The summed E-state index contributed by atoms with van der Waals surface area (Å²) in [6.07, 6.45) is 5.97. The first-order chi connectivity index (χ1) is 12.9. The largest absolute Gasteiger partial charge is 0.504 e. The molecule has 1 amide bonds. The number of amides is 1. The number of hydrogen-bond donors (Lipinski definition) is 2. The van der Waals surface area contributed by atoms with Crippen LogP contribution in [0, 0.1) is 6.92 Å². The van der Waals surface area contributed by atoms with Crippen molar-refractivity contribution in [3.8, 4) is 11.5 Å². The van der Waals surface area contributed by atoms with Crippen LogP contribution in [0.25, 0.3) is 0 Å². The van der Waals surface area contributed by atoms with Crippen LogP contribution in [0.3, 0.4) is 0 Å². The molecule has 6 heteroatoms. The van der Waals surface area contributed by atoms with E-state index in [1.54, 1.807) is 6.92 Å². The monoisotopic (exact) mass is 409 g/mol. The normalized spacial score (nSPS) is 10.7. The zero-order valence-corrected chi connectivity index (χ0v) is 17.2. The van der Waals surface area contributed by atoms with E-state index in [1.807, 2.05) is 24.3 Å². The van der Waals surface area contributed by atoms with E-state index in [2.05, 4.69) is 12.2 Å². The van der Waals surface area contributed by atoms with Crippen molar-refractivity contribution in [2.24, 2.45) is 0 Å². The maximum Gasteiger partial charge on any atom is 0.262 e. The first kappa shape index (κ1) is 21.4. The SMILES string of the molecule is CCCCCCc1ccc(OCC(=O)Nc2cc(Cl)c(C)c(Cl)c2O)cc1. The average molecular weight is 410 g/mol. The molecule has 0 saturated carbocycles. The van der Waals surface area contributed by atoms with E-state index in [-0.39, 0.29) is 23.1 Å². The number of nitrogens with one attached hydrogen (secondary N) is 1. The smallest absolute Gasteiger partial charge is 0.262 e. The lowest BCUT2D eigenvalue weighted by Gasteiger charge is -2.12. The molecule has 0 bridgehead atoms. The van der Waals surface area contributed by atoms with Gasteiger partial charge in [0.2, 0.25) is 0 Å². The van der Waals surface area contributed by atoms with Gasteiger partial charge in [0, 0.05) is 5.02 Å². The van der Waals surface area contributed by atoms with Gasteiger partial charge in [0.25, 0.3) is 5.91 Å². The second-order valence-electron chi connectivity index (χ2n) is 6.49. The predicted molar refractivity (Wildman–Crippen MR) is 111 cm³/mol. The van der Waals surface area contributed by atoms with Crippen LogP contribution in [-0.2, 0) is 11.2 Å². The highest BCUT2D eigenvalue weighted by Gasteiger charge is 2.14. The first-order valence-electron chi connectivity index (χ1n) is 9.11. The maximum absolute atomic E-state index is 12.1. The molecule has 0 atom stereocenters. The number of hydrogen-bond acceptors (Lipinski definition) is 3. The van der Waals surface area contributed by atoms with Crippen LogP contribution in [-0.4, -0.2) is 17.6 Å². The second kappa shape index (κ2) is 10.4. The topological polar surface area (TPSA) is 58.6 Å². The Balaban J connectivity index is 1.85. The van der Waals surface area contributed by atoms with Gasteiger partial charge in [-0.3, -0.25) is 4.79 Å². The average Bonchev–Trinajstić information content (AvgIpc) is 2.67. The molecule has 0 radical (unpaired) electrons. The quantitative estimate of drug-likeness (QED) is 0.385. The van der Waals surface area contributed by atoms with Crippen LogP contribution < -0.4 is 10.1 Å². The number of aryl methyl sites for hydroxylation is 1. The molecule has 2 N–H and O–H groups in total. The maximum atomic E-state index is 12.1. The fourth-order valence-corrected chi connectivity index (χ4v) is 3.10. The van der Waals surface area contributed by atoms with Gasteiger partial charge in [-0.1, -0.05) is 61.5 Å². The van der Waals surface area contributed by atoms with E-state index >= 15 is 0 Å². The van der Waals surface area contributed by atoms with Gasteiger partial charge in [-0.15, -0.1) is 0 Å². The molecule has 2 aromatic carbocycles. The van der Waals surface area contributed by atoms with Crippen molar-refractivity contribution in [3.63, 3.8) is 0 Å². The van der Waals surface area contributed by atoms with Gasteiger partial charge in [-0.25, -0.2) is 0 Å². The lowest BCUT2D eigenvalue weighted by Crippen LogP contribution is -2.20. The van der Waals surface area contributed by atoms with Gasteiger partial charge < -0.3 is 15.2 Å². The number of phenolic OH excluding ortho intramolecular Hbond substituents is 1. The van der Waals surface area contributed by atoms with Crippen LogP contribution in [0.1, 0.15) is 43.7 Å². The van der Waals surface area contributed by atoms with Gasteiger partial charge in [-0.05, 0) is 49.1 Å². The van der Waals surface area contributed by atoms with Crippen molar-refractivity contribution in [2.75, 3.05) is 11.9 Å². The Hall–Kier alpha value is -1.91. The molecule has 0 aliphatic rings. The Bertz CT molecular complexity index is 776. The van der Waals surface area contributed by atoms with Crippen molar-refractivity contribution < 1.29 is 14.6 Å². The fourth-order valence-electron chi connectivity index (χ4n) is 2.64. The minimum atomic E-state index is -0.412. The summed E-state index contributed by atoms with van der Waals surface area (Å²) in [4.78, 5) is 12.1. The van der Waals surface area contributed by atoms with Crippen molar-refractivity contribution >= 4 is 34.8 Å². The Labute approximate surface area is 170 Å². The molecule has 0 aliphatic heterocycles. The van der Waals surface area contributed by atoms with Crippen LogP contribution in [0.15, 0.2) is 30.3 Å². The highest BCUT2D eigenvalue weighted by molar-refractivity contribution is 6.37. The van der Waals surface area contributed by atoms with Gasteiger partial charge in [0.05, 0.1) is 10.7 Å². The number of unbranched alkanes of at least 4 members (excludes halogenated alkanes) is 3. The van der Waals surface area contributed by atoms with E-state index in [0.717, 1.165) is 6.42 Å². The summed E-state index contributed by atoms with van der Waals surface area (Å²) in [5.74, 6) is -0.00378. The molecule has 0 aromatic heterocycles. The van der Waals surface area contributed by atoms with Crippen LogP contribution in [0.2, 0.25) is 10.0 Å². The summed E-state index contributed by atoms with van der Waals surface area (Å²) >= 11 is 12.0. The van der Waals surface area contributed by atoms with E-state index in [4.69, 9.17) is 27.9 Å². The zero-order chi connectivity index (χ0) is 19.8. The molecule has 0 unspecified atom stereocenters. The number of anilines is 1. The Kier molecular flexibility index (Phi) is 8.26. The van der Waals surface area contributed by atoms with Crippen LogP contribution in [0.5, 0.6) is 11.5 Å².